The molecule has 1 aliphatic rings. The molecule has 3 N–H and O–H groups in total. The number of aliphatic hydroxyl groups is 1. The molecule has 1 radical (unpaired) electrons. The SMILES string of the molecule is COc1cccc([C@H]2O[C@H](CC(=O)Nc3ccsc3C(=O)O)C(=O)N(CC(C)(C)CO)c3ccc(Cl)cc32)c1OC.[Ac]. The van der Waals surface area contributed by atoms with Gasteiger partial charge in [0, 0.05) is 84.5 Å². The number of carbonyl (C=O) groups is 3. The quantitative estimate of drug-likeness (QED) is 0.261. The molecule has 42 heavy (non-hydrogen) atoms. The van der Waals surface area contributed by atoms with Crippen LogP contribution < -0.4 is 19.7 Å². The summed E-state index contributed by atoms with van der Waals surface area (Å²) in [4.78, 5) is 40.3. The van der Waals surface area contributed by atoms with Crippen LogP contribution >= 0.6 is 22.9 Å². The van der Waals surface area contributed by atoms with Crippen LogP contribution in [-0.2, 0) is 14.3 Å². The fourth-order valence-corrected chi connectivity index (χ4v) is 5.52. The predicted molar refractivity (Wildman–Crippen MR) is 155 cm³/mol. The van der Waals surface area contributed by atoms with E-state index < -0.39 is 41.8 Å². The molecule has 0 bridgehead atoms. The van der Waals surface area contributed by atoms with Crippen LogP contribution in [0.5, 0.6) is 11.5 Å². The van der Waals surface area contributed by atoms with Crippen molar-refractivity contribution in [2.45, 2.75) is 32.5 Å². The molecule has 1 aromatic heterocycles. The largest absolute Gasteiger partial charge is 0.493 e. The standard InChI is InChI=1S/C29H31ClN2O8S.Ac/c1-29(2,15-33)14-32-20-9-8-16(30)12-18(20)24(17-6-5-7-21(38-3)25(17)39-4)40-22(27(32)35)13-23(34)31-19-10-11-41-26(19)28(36)37;/h5-12,22,24,33H,13-15H2,1-4H3,(H,31,34)(H,36,37);/t22-,24-;/m1./s1. The van der Waals surface area contributed by atoms with Gasteiger partial charge in [-0.3, -0.25) is 9.59 Å². The van der Waals surface area contributed by atoms with Crippen LogP contribution in [0, 0.1) is 49.5 Å². The van der Waals surface area contributed by atoms with E-state index in [1.807, 2.05) is 13.8 Å². The van der Waals surface area contributed by atoms with E-state index in [-0.39, 0.29) is 67.8 Å². The summed E-state index contributed by atoms with van der Waals surface area (Å²) < 4.78 is 17.6. The molecule has 13 heteroatoms. The van der Waals surface area contributed by atoms with Crippen LogP contribution in [0.15, 0.2) is 47.8 Å². The van der Waals surface area contributed by atoms with E-state index in [2.05, 4.69) is 5.32 Å². The molecule has 0 spiro atoms. The van der Waals surface area contributed by atoms with Gasteiger partial charge in [-0.25, -0.2) is 4.79 Å². The fourth-order valence-electron chi connectivity index (χ4n) is 4.65. The number of carbonyl (C=O) groups excluding carboxylic acids is 2. The number of amides is 2. The van der Waals surface area contributed by atoms with Crippen LogP contribution in [0.25, 0.3) is 0 Å². The predicted octanol–water partition coefficient (Wildman–Crippen LogP) is 4.99. The molecule has 0 unspecified atom stereocenters. The van der Waals surface area contributed by atoms with Crippen molar-refractivity contribution < 1.29 is 82.9 Å². The van der Waals surface area contributed by atoms with Crippen molar-refractivity contribution in [3.05, 3.63) is 68.9 Å². The smallest absolute Gasteiger partial charge is 0.348 e. The van der Waals surface area contributed by atoms with Crippen LogP contribution in [0.1, 0.15) is 47.2 Å². The average Bonchev–Trinajstić information content (AvgIpc) is 3.38. The van der Waals surface area contributed by atoms with E-state index in [1.165, 1.54) is 25.2 Å². The van der Waals surface area contributed by atoms with Crippen molar-refractivity contribution in [3.63, 3.8) is 0 Å². The van der Waals surface area contributed by atoms with E-state index >= 15 is 0 Å². The van der Waals surface area contributed by atoms with Gasteiger partial charge in [-0.1, -0.05) is 37.6 Å². The zero-order chi connectivity index (χ0) is 29.9. The number of hydrogen-bond acceptors (Lipinski definition) is 8. The van der Waals surface area contributed by atoms with Gasteiger partial charge in [-0.2, -0.15) is 0 Å². The Morgan fingerprint density at radius 1 is 1.14 bits per heavy atom. The van der Waals surface area contributed by atoms with Gasteiger partial charge in [0.1, 0.15) is 17.1 Å². The Balaban J connectivity index is 0.00000484. The minimum atomic E-state index is -1.29. The number of fused-ring (bicyclic) bond motifs is 1. The number of carboxylic acid groups (broad SMARTS) is 1. The Kier molecular flexibility index (Phi) is 11.9. The average molecular weight is 830 g/mol. The Morgan fingerprint density at radius 2 is 1.88 bits per heavy atom. The number of rotatable bonds is 10. The number of ether oxygens (including phenoxy) is 3. The van der Waals surface area contributed by atoms with Gasteiger partial charge in [0.05, 0.1) is 26.3 Å². The summed E-state index contributed by atoms with van der Waals surface area (Å²) in [5.41, 5.74) is 1.04. The molecule has 221 valence electrons. The third-order valence-corrected chi connectivity index (χ3v) is 7.78. The number of benzene rings is 2. The first-order valence-corrected chi connectivity index (χ1v) is 13.9. The Bertz CT molecular complexity index is 1460. The van der Waals surface area contributed by atoms with Crippen molar-refractivity contribution >= 4 is 52.1 Å². The molecule has 2 aromatic carbocycles. The number of carboxylic acids is 1. The molecule has 2 amide bonds. The second kappa shape index (κ2) is 14.5. The van der Waals surface area contributed by atoms with Gasteiger partial charge in [0.25, 0.3) is 5.91 Å². The van der Waals surface area contributed by atoms with Gasteiger partial charge in [0.15, 0.2) is 11.5 Å². The van der Waals surface area contributed by atoms with Crippen molar-refractivity contribution in [3.8, 4) is 11.5 Å². The van der Waals surface area contributed by atoms with Gasteiger partial charge >= 0.3 is 5.97 Å². The first-order chi connectivity index (χ1) is 19.5. The summed E-state index contributed by atoms with van der Waals surface area (Å²) in [6.45, 7) is 3.55. The Morgan fingerprint density at radius 3 is 2.52 bits per heavy atom. The monoisotopic (exact) mass is 829 g/mol. The fraction of sp³-hybridized carbons (Fsp3) is 0.345. The zero-order valence-electron chi connectivity index (χ0n) is 23.5. The third kappa shape index (κ3) is 7.47. The van der Waals surface area contributed by atoms with E-state index in [0.717, 1.165) is 11.3 Å². The summed E-state index contributed by atoms with van der Waals surface area (Å²) in [6.07, 6.45) is -2.61. The number of aromatic carboxylic acids is 1. The maximum absolute atomic E-state index is 14.1. The van der Waals surface area contributed by atoms with E-state index in [4.69, 9.17) is 25.8 Å². The third-order valence-electron chi connectivity index (χ3n) is 6.64. The number of anilines is 2. The number of hydrogen-bond donors (Lipinski definition) is 3. The van der Waals surface area contributed by atoms with Crippen molar-refractivity contribution in [2.75, 3.05) is 37.6 Å². The molecular formula is C29H31AcClN2O8S. The van der Waals surface area contributed by atoms with Crippen molar-refractivity contribution in [1.29, 1.82) is 0 Å². The molecular weight excluding hydrogens is 799 g/mol. The second-order valence-corrected chi connectivity index (χ2v) is 11.6. The number of halogens is 1. The summed E-state index contributed by atoms with van der Waals surface area (Å²) in [6, 6.07) is 11.8. The van der Waals surface area contributed by atoms with E-state index in [0.29, 0.717) is 33.3 Å². The van der Waals surface area contributed by atoms with Crippen molar-refractivity contribution in [1.82, 2.24) is 0 Å². The summed E-state index contributed by atoms with van der Waals surface area (Å²) in [7, 11) is 3.00. The molecule has 0 saturated carbocycles. The van der Waals surface area contributed by atoms with E-state index in [9.17, 15) is 24.6 Å². The Hall–Kier alpha value is -2.20. The molecule has 1 aliphatic heterocycles. The minimum absolute atomic E-state index is 0. The van der Waals surface area contributed by atoms with E-state index in [1.54, 1.807) is 41.8 Å². The minimum Gasteiger partial charge on any atom is -0.493 e. The molecule has 2 heterocycles. The van der Waals surface area contributed by atoms with Gasteiger partial charge in [-0.15, -0.1) is 11.3 Å². The second-order valence-electron chi connectivity index (χ2n) is 10.3. The number of nitrogens with one attached hydrogen (secondary N) is 1. The van der Waals surface area contributed by atoms with Crippen LogP contribution in [-0.4, -0.2) is 61.5 Å². The van der Waals surface area contributed by atoms with Gasteiger partial charge < -0.3 is 34.6 Å². The number of nitrogens with zero attached hydrogens (tertiary/aromatic N) is 1. The van der Waals surface area contributed by atoms with Gasteiger partial charge in [0.2, 0.25) is 5.91 Å². The molecule has 0 saturated heterocycles. The maximum Gasteiger partial charge on any atom is 0.348 e. The zero-order valence-corrected chi connectivity index (χ0v) is 29.9. The summed E-state index contributed by atoms with van der Waals surface area (Å²) in [5.74, 6) is -1.45. The summed E-state index contributed by atoms with van der Waals surface area (Å²) >= 11 is 7.41. The normalized spacial score (nSPS) is 16.6. The van der Waals surface area contributed by atoms with Crippen LogP contribution in [0.2, 0.25) is 5.02 Å². The first kappa shape index (κ1) is 34.3. The topological polar surface area (TPSA) is 135 Å². The summed E-state index contributed by atoms with van der Waals surface area (Å²) in [5, 5.41) is 24.0. The van der Waals surface area contributed by atoms with Gasteiger partial charge in [-0.05, 0) is 35.7 Å². The molecule has 2 atom stereocenters. The number of aliphatic hydroxyl groups excluding tert-OH is 1. The van der Waals surface area contributed by atoms with Crippen LogP contribution in [0.4, 0.5) is 11.4 Å². The van der Waals surface area contributed by atoms with Crippen molar-refractivity contribution in [2.24, 2.45) is 5.41 Å². The van der Waals surface area contributed by atoms with Crippen LogP contribution in [0.3, 0.4) is 0 Å². The first-order valence-electron chi connectivity index (χ1n) is 12.7. The Labute approximate surface area is 288 Å². The maximum atomic E-state index is 14.1. The molecule has 10 nitrogen and oxygen atoms in total. The molecule has 4 rings (SSSR count). The number of thiophene rings is 1. The number of para-hydroxylation sites is 1. The molecule has 3 aromatic rings. The molecule has 0 fully saturated rings. The molecule has 0 aliphatic carbocycles. The number of methoxy groups -OCH3 is 2.